The Morgan fingerprint density at radius 2 is 0.505 bits per heavy atom. The summed E-state index contributed by atoms with van der Waals surface area (Å²) in [5, 5.41) is 10.6. The molecule has 0 aromatic rings. The Kier molecular flexibility index (Phi) is 70.9. The monoisotopic (exact) mass is 1480 g/mol. The first-order valence-electron chi connectivity index (χ1n) is 42.4. The predicted octanol–water partition coefficient (Wildman–Crippen LogP) is 24.5. The van der Waals surface area contributed by atoms with Gasteiger partial charge < -0.3 is 33.8 Å². The zero-order chi connectivity index (χ0) is 74.4. The lowest BCUT2D eigenvalue weighted by molar-refractivity contribution is -0.161. The lowest BCUT2D eigenvalue weighted by atomic mass is 9.99. The lowest BCUT2D eigenvalue weighted by Crippen LogP contribution is -2.30. The van der Waals surface area contributed by atoms with Crippen LogP contribution in [0.1, 0.15) is 427 Å². The van der Waals surface area contributed by atoms with Crippen molar-refractivity contribution in [3.8, 4) is 0 Å². The second kappa shape index (κ2) is 72.3. The number of esters is 4. The third-order valence-electron chi connectivity index (χ3n) is 19.9. The Morgan fingerprint density at radius 3 is 0.752 bits per heavy atom. The van der Waals surface area contributed by atoms with E-state index in [-0.39, 0.29) is 25.7 Å². The van der Waals surface area contributed by atoms with Crippen molar-refractivity contribution in [2.45, 2.75) is 446 Å². The summed E-state index contributed by atoms with van der Waals surface area (Å²) < 4.78 is 68.7. The van der Waals surface area contributed by atoms with E-state index in [2.05, 4.69) is 48.5 Å². The second-order valence-corrected chi connectivity index (χ2v) is 33.4. The maximum absolute atomic E-state index is 13.1. The first-order chi connectivity index (χ1) is 48.8. The number of carbonyl (C=O) groups is 4. The van der Waals surface area contributed by atoms with Crippen LogP contribution in [0.2, 0.25) is 0 Å². The van der Waals surface area contributed by atoms with Crippen LogP contribution in [0.4, 0.5) is 0 Å². The first kappa shape index (κ1) is 99.1. The average molecular weight is 1480 g/mol. The van der Waals surface area contributed by atoms with Crippen molar-refractivity contribution in [2.24, 2.45) is 17.8 Å². The van der Waals surface area contributed by atoms with Gasteiger partial charge in [-0.2, -0.15) is 0 Å². The molecule has 0 radical (unpaired) electrons. The molecule has 7 atom stereocenters. The third kappa shape index (κ3) is 73.4. The van der Waals surface area contributed by atoms with E-state index in [1.54, 1.807) is 0 Å². The Labute approximate surface area is 619 Å². The summed E-state index contributed by atoms with van der Waals surface area (Å²) in [6.07, 6.45) is 61.0. The van der Waals surface area contributed by atoms with Gasteiger partial charge in [-0.3, -0.25) is 37.3 Å². The Hall–Kier alpha value is -1.94. The van der Waals surface area contributed by atoms with Crippen LogP contribution < -0.4 is 0 Å². The van der Waals surface area contributed by atoms with Gasteiger partial charge in [-0.05, 0) is 43.4 Å². The van der Waals surface area contributed by atoms with Crippen molar-refractivity contribution in [1.82, 2.24) is 0 Å². The maximum atomic E-state index is 13.1. The van der Waals surface area contributed by atoms with Crippen molar-refractivity contribution >= 4 is 39.5 Å². The summed E-state index contributed by atoms with van der Waals surface area (Å²) in [7, 11) is -9.92. The molecule has 19 heteroatoms. The van der Waals surface area contributed by atoms with Crippen molar-refractivity contribution in [1.29, 1.82) is 0 Å². The van der Waals surface area contributed by atoms with Gasteiger partial charge in [0, 0.05) is 25.7 Å². The number of aliphatic hydroxyl groups excluding tert-OH is 1. The molecule has 0 aromatic carbocycles. The van der Waals surface area contributed by atoms with E-state index in [9.17, 15) is 43.2 Å². The number of hydrogen-bond donors (Lipinski definition) is 3. The van der Waals surface area contributed by atoms with E-state index >= 15 is 0 Å². The molecular weight excluding hydrogens is 1320 g/mol. The molecule has 4 unspecified atom stereocenters. The molecular formula is C82H160O17P2. The van der Waals surface area contributed by atoms with Crippen molar-refractivity contribution in [3.63, 3.8) is 0 Å². The van der Waals surface area contributed by atoms with Crippen molar-refractivity contribution < 1.29 is 80.2 Å². The molecule has 0 saturated heterocycles. The van der Waals surface area contributed by atoms with Crippen LogP contribution in [0.25, 0.3) is 0 Å². The first-order valence-corrected chi connectivity index (χ1v) is 45.4. The van der Waals surface area contributed by atoms with Gasteiger partial charge >= 0.3 is 39.5 Å². The van der Waals surface area contributed by atoms with Crippen LogP contribution in [-0.4, -0.2) is 96.7 Å². The smallest absolute Gasteiger partial charge is 0.462 e. The number of phosphoric ester groups is 2. The SMILES string of the molecule is CCCCCCCCCCCCC(=O)OC[C@H](COP(=O)(O)OC[C@H](O)COP(=O)(O)OC[C@@H](COC(=O)CCCCCCCCCCCCCCCCC(C)CC)OC(=O)CCCCCCCCCCCCCCCCCCCCC(C)C)OC(=O)CCCCCCCCCCC(C)CC. The Balaban J connectivity index is 5.22. The molecule has 101 heavy (non-hydrogen) atoms. The van der Waals surface area contributed by atoms with Crippen LogP contribution in [0.5, 0.6) is 0 Å². The van der Waals surface area contributed by atoms with Gasteiger partial charge in [-0.25, -0.2) is 9.13 Å². The topological polar surface area (TPSA) is 237 Å². The van der Waals surface area contributed by atoms with Gasteiger partial charge in [0.1, 0.15) is 19.3 Å². The molecule has 0 aliphatic carbocycles. The van der Waals surface area contributed by atoms with E-state index in [0.29, 0.717) is 25.7 Å². The molecule has 600 valence electrons. The molecule has 3 N–H and O–H groups in total. The number of carbonyl (C=O) groups excluding carboxylic acids is 4. The molecule has 0 fully saturated rings. The largest absolute Gasteiger partial charge is 0.472 e. The van der Waals surface area contributed by atoms with Crippen LogP contribution in [0, 0.1) is 17.8 Å². The molecule has 0 saturated carbocycles. The Bertz CT molecular complexity index is 1960. The number of hydrogen-bond acceptors (Lipinski definition) is 15. The minimum absolute atomic E-state index is 0.105. The van der Waals surface area contributed by atoms with Gasteiger partial charge in [0.2, 0.25) is 0 Å². The zero-order valence-corrected chi connectivity index (χ0v) is 68.2. The van der Waals surface area contributed by atoms with Gasteiger partial charge in [0.25, 0.3) is 0 Å². The zero-order valence-electron chi connectivity index (χ0n) is 66.4. The summed E-state index contributed by atoms with van der Waals surface area (Å²) in [5.41, 5.74) is 0. The standard InChI is InChI=1S/C82H160O17P2/c1-8-11-12-13-14-15-34-42-49-56-63-79(84)92-70-78(99-82(87)66-59-52-45-38-37-41-48-55-62-75(7)10-3)72-97-101(90,91)95-68-76(83)67-94-100(88,89)96-71-77(69-93-80(85)64-57-50-43-35-30-26-23-22-25-29-33-40-47-54-61-74(6)9-2)98-81(86)65-58-51-44-36-31-27-21-19-17-16-18-20-24-28-32-39-46-53-60-73(4)5/h73-78,83H,8-72H2,1-7H3,(H,88,89)(H,90,91)/t74?,75?,76-,77-,78-/m1/s1. The summed E-state index contributed by atoms with van der Waals surface area (Å²) >= 11 is 0. The number of ether oxygens (including phenoxy) is 4. The van der Waals surface area contributed by atoms with Gasteiger partial charge in [-0.1, -0.05) is 376 Å². The highest BCUT2D eigenvalue weighted by Crippen LogP contribution is 2.45. The fraction of sp³-hybridized carbons (Fsp3) is 0.951. The highest BCUT2D eigenvalue weighted by atomic mass is 31.2. The molecule has 0 heterocycles. The molecule has 17 nitrogen and oxygen atoms in total. The fourth-order valence-electron chi connectivity index (χ4n) is 12.6. The summed E-state index contributed by atoms with van der Waals surface area (Å²) in [6.45, 7) is 12.0. The number of rotatable bonds is 80. The van der Waals surface area contributed by atoms with Gasteiger partial charge in [0.15, 0.2) is 12.2 Å². The highest BCUT2D eigenvalue weighted by molar-refractivity contribution is 7.47. The van der Waals surface area contributed by atoms with Crippen LogP contribution >= 0.6 is 15.6 Å². The quantitative estimate of drug-likeness (QED) is 0.0222. The number of unbranched alkanes of at least 4 members (excludes halogenated alkanes) is 46. The molecule has 0 aliphatic rings. The summed E-state index contributed by atoms with van der Waals surface area (Å²) in [6, 6.07) is 0. The minimum atomic E-state index is -4.96. The van der Waals surface area contributed by atoms with E-state index in [4.69, 9.17) is 37.0 Å². The minimum Gasteiger partial charge on any atom is -0.462 e. The molecule has 0 amide bonds. The third-order valence-corrected chi connectivity index (χ3v) is 21.8. The number of phosphoric acid groups is 2. The normalized spacial score (nSPS) is 14.5. The maximum Gasteiger partial charge on any atom is 0.472 e. The van der Waals surface area contributed by atoms with Crippen LogP contribution in [0.15, 0.2) is 0 Å². The highest BCUT2D eigenvalue weighted by Gasteiger charge is 2.30. The fourth-order valence-corrected chi connectivity index (χ4v) is 14.2. The van der Waals surface area contributed by atoms with E-state index in [1.165, 1.54) is 238 Å². The molecule has 0 rings (SSSR count). The molecule has 0 spiro atoms. The van der Waals surface area contributed by atoms with Crippen LogP contribution in [0.3, 0.4) is 0 Å². The van der Waals surface area contributed by atoms with Gasteiger partial charge in [-0.15, -0.1) is 0 Å². The van der Waals surface area contributed by atoms with Crippen molar-refractivity contribution in [3.05, 3.63) is 0 Å². The molecule has 0 bridgehead atoms. The summed E-state index contributed by atoms with van der Waals surface area (Å²) in [4.78, 5) is 73.0. The van der Waals surface area contributed by atoms with E-state index < -0.39 is 97.5 Å². The average Bonchev–Trinajstić information content (AvgIpc) is 0.981. The predicted molar refractivity (Wildman–Crippen MR) is 414 cm³/mol. The summed E-state index contributed by atoms with van der Waals surface area (Å²) in [5.74, 6) is 0.329. The Morgan fingerprint density at radius 1 is 0.287 bits per heavy atom. The molecule has 0 aromatic heterocycles. The van der Waals surface area contributed by atoms with Crippen LogP contribution in [-0.2, 0) is 65.4 Å². The van der Waals surface area contributed by atoms with Crippen molar-refractivity contribution in [2.75, 3.05) is 39.6 Å². The second-order valence-electron chi connectivity index (χ2n) is 30.5. The molecule has 0 aliphatic heterocycles. The van der Waals surface area contributed by atoms with E-state index in [1.807, 2.05) is 0 Å². The van der Waals surface area contributed by atoms with Gasteiger partial charge in [0.05, 0.1) is 26.4 Å². The van der Waals surface area contributed by atoms with E-state index in [0.717, 1.165) is 108 Å². The lowest BCUT2D eigenvalue weighted by Gasteiger charge is -2.21. The number of aliphatic hydroxyl groups is 1.